The van der Waals surface area contributed by atoms with E-state index in [9.17, 15) is 0 Å². The van der Waals surface area contributed by atoms with Gasteiger partial charge in [0.15, 0.2) is 0 Å². The van der Waals surface area contributed by atoms with Gasteiger partial charge in [-0.15, -0.1) is 0 Å². The summed E-state index contributed by atoms with van der Waals surface area (Å²) in [7, 11) is 0. The van der Waals surface area contributed by atoms with Gasteiger partial charge in [-0.25, -0.2) is 0 Å². The van der Waals surface area contributed by atoms with Crippen molar-refractivity contribution in [1.82, 2.24) is 0 Å². The van der Waals surface area contributed by atoms with Crippen LogP contribution in [0.15, 0.2) is 0 Å². The SMILES string of the molecule is O.[Ba+2].[H-].[H-].[O]=[Mn]. The summed E-state index contributed by atoms with van der Waals surface area (Å²) >= 11 is 1.69. The number of hydrogen-bond acceptors (Lipinski definition) is 1. The van der Waals surface area contributed by atoms with Crippen molar-refractivity contribution in [3.05, 3.63) is 0 Å². The quantitative estimate of drug-likeness (QED) is 0.485. The van der Waals surface area contributed by atoms with Gasteiger partial charge in [-0.05, 0) is 0 Å². The van der Waals surface area contributed by atoms with Crippen molar-refractivity contribution in [2.75, 3.05) is 0 Å². The molecule has 0 unspecified atom stereocenters. The molecule has 0 saturated heterocycles. The summed E-state index contributed by atoms with van der Waals surface area (Å²) in [5.74, 6) is 0. The molecule has 0 aliphatic heterocycles. The van der Waals surface area contributed by atoms with E-state index in [1.165, 1.54) is 0 Å². The van der Waals surface area contributed by atoms with Gasteiger partial charge in [-0.3, -0.25) is 0 Å². The number of rotatable bonds is 0. The van der Waals surface area contributed by atoms with E-state index in [4.69, 9.17) is 3.83 Å². The van der Waals surface area contributed by atoms with Crippen LogP contribution < -0.4 is 0 Å². The summed E-state index contributed by atoms with van der Waals surface area (Å²) < 4.78 is 8.06. The molecule has 0 aliphatic rings. The molecular formula is H4BaMnO2. The molecule has 2 nitrogen and oxygen atoms in total. The minimum absolute atomic E-state index is 0. The van der Waals surface area contributed by atoms with Crippen LogP contribution in [0, 0.1) is 0 Å². The zero-order valence-corrected chi connectivity index (χ0v) is 7.61. The fourth-order valence-corrected chi connectivity index (χ4v) is 0. The van der Waals surface area contributed by atoms with Crippen LogP contribution in [0.4, 0.5) is 0 Å². The van der Waals surface area contributed by atoms with E-state index in [1.54, 1.807) is 15.9 Å². The van der Waals surface area contributed by atoms with Gasteiger partial charge in [-0.2, -0.15) is 0 Å². The van der Waals surface area contributed by atoms with Gasteiger partial charge in [0.05, 0.1) is 0 Å². The van der Waals surface area contributed by atoms with Gasteiger partial charge in [0, 0.05) is 0 Å². The van der Waals surface area contributed by atoms with Crippen molar-refractivity contribution in [2.24, 2.45) is 0 Å². The molecule has 25 valence electrons. The average molecular weight is 228 g/mol. The molecule has 0 aliphatic carbocycles. The van der Waals surface area contributed by atoms with Crippen LogP contribution in [0.1, 0.15) is 2.85 Å². The van der Waals surface area contributed by atoms with E-state index in [0.717, 1.165) is 0 Å². The Morgan fingerprint density at radius 2 is 1.50 bits per heavy atom. The van der Waals surface area contributed by atoms with Crippen LogP contribution in [0.25, 0.3) is 0 Å². The molecule has 0 spiro atoms. The van der Waals surface area contributed by atoms with Crippen LogP contribution >= 0.6 is 0 Å². The van der Waals surface area contributed by atoms with Crippen LogP contribution in [-0.2, 0) is 19.8 Å². The Kier molecular flexibility index (Phi) is 88.9. The maximum absolute atomic E-state index is 8.06. The summed E-state index contributed by atoms with van der Waals surface area (Å²) in [4.78, 5) is 0. The average Bonchev–Trinajstić information content (AvgIpc) is 1.00. The number of hydrogen-bond donors (Lipinski definition) is 0. The van der Waals surface area contributed by atoms with Crippen molar-refractivity contribution in [3.63, 3.8) is 0 Å². The normalized spacial score (nSPS) is 1.00. The standard InChI is InChI=1S/Ba.Mn.H2O.O.2H/h;;1H2;;;/q+2;;;;2*-1. The van der Waals surface area contributed by atoms with E-state index in [2.05, 4.69) is 0 Å². The molecule has 0 aromatic carbocycles. The Morgan fingerprint density at radius 1 is 1.50 bits per heavy atom. The first-order valence-corrected chi connectivity index (χ1v) is 0.636. The molecule has 0 amide bonds. The predicted octanol–water partition coefficient (Wildman–Crippen LogP) is -1.10. The molecule has 2 N–H and O–H groups in total. The molecule has 0 aromatic heterocycles. The summed E-state index contributed by atoms with van der Waals surface area (Å²) in [5.41, 5.74) is 0. The van der Waals surface area contributed by atoms with Crippen molar-refractivity contribution >= 4 is 48.9 Å². The summed E-state index contributed by atoms with van der Waals surface area (Å²) in [6.45, 7) is 0. The third-order valence-electron chi connectivity index (χ3n) is 0. The topological polar surface area (TPSA) is 48.6 Å². The molecule has 0 rings (SSSR count). The first-order chi connectivity index (χ1) is 1.00. The summed E-state index contributed by atoms with van der Waals surface area (Å²) in [6.07, 6.45) is 0. The van der Waals surface area contributed by atoms with Crippen molar-refractivity contribution in [3.8, 4) is 0 Å². The van der Waals surface area contributed by atoms with Crippen molar-refractivity contribution < 1.29 is 28.1 Å². The second-order valence-corrected chi connectivity index (χ2v) is 0. The van der Waals surface area contributed by atoms with Crippen LogP contribution in [0.3, 0.4) is 0 Å². The first-order valence-electron chi connectivity index (χ1n) is 0.154. The molecule has 0 radical (unpaired) electrons. The van der Waals surface area contributed by atoms with Gasteiger partial charge in [0.25, 0.3) is 0 Å². The van der Waals surface area contributed by atoms with Gasteiger partial charge in [-0.1, -0.05) is 0 Å². The zero-order chi connectivity index (χ0) is 2.00. The zero-order valence-electron chi connectivity index (χ0n) is 3.99. The fourth-order valence-electron chi connectivity index (χ4n) is 0. The summed E-state index contributed by atoms with van der Waals surface area (Å²) in [5, 5.41) is 0. The molecule has 0 fully saturated rings. The molecule has 0 atom stereocenters. The first kappa shape index (κ1) is 16.9. The van der Waals surface area contributed by atoms with Gasteiger partial charge >= 0.3 is 68.7 Å². The monoisotopic (exact) mass is 229 g/mol. The maximum atomic E-state index is 8.06. The van der Waals surface area contributed by atoms with Crippen LogP contribution in [0.2, 0.25) is 0 Å². The third kappa shape index (κ3) is 9.14. The summed E-state index contributed by atoms with van der Waals surface area (Å²) in [6, 6.07) is 0. The van der Waals surface area contributed by atoms with Gasteiger partial charge in [0.1, 0.15) is 0 Å². The predicted molar refractivity (Wildman–Crippen MR) is 12.3 cm³/mol. The fraction of sp³-hybridized carbons (Fsp3) is 0. The molecule has 4 heteroatoms. The Labute approximate surface area is 75.7 Å². The molecule has 0 heterocycles. The van der Waals surface area contributed by atoms with E-state index >= 15 is 0 Å². The Bertz CT molecular complexity index is 11.5. The Balaban J connectivity index is -0.000000000833. The Morgan fingerprint density at radius 3 is 1.50 bits per heavy atom. The van der Waals surface area contributed by atoms with Gasteiger partial charge < -0.3 is 8.33 Å². The molecule has 0 bridgehead atoms. The van der Waals surface area contributed by atoms with Crippen LogP contribution in [0.5, 0.6) is 0 Å². The second-order valence-electron chi connectivity index (χ2n) is 0. The van der Waals surface area contributed by atoms with Gasteiger partial charge in [0.2, 0.25) is 0 Å². The van der Waals surface area contributed by atoms with E-state index in [1.807, 2.05) is 0 Å². The minimum atomic E-state index is 0. The van der Waals surface area contributed by atoms with E-state index in [-0.39, 0.29) is 57.2 Å². The van der Waals surface area contributed by atoms with E-state index < -0.39 is 0 Å². The molecule has 4 heavy (non-hydrogen) atoms. The second kappa shape index (κ2) is 21.0. The molecule has 0 saturated carbocycles. The molecular weight excluding hydrogens is 224 g/mol. The third-order valence-corrected chi connectivity index (χ3v) is 0. The molecule has 0 aromatic rings. The van der Waals surface area contributed by atoms with Crippen molar-refractivity contribution in [2.45, 2.75) is 0 Å². The van der Waals surface area contributed by atoms with Crippen LogP contribution in [-0.4, -0.2) is 54.4 Å². The Hall–Kier alpha value is 1.85. The van der Waals surface area contributed by atoms with E-state index in [0.29, 0.717) is 0 Å². The van der Waals surface area contributed by atoms with Crippen molar-refractivity contribution in [1.29, 1.82) is 0 Å².